The van der Waals surface area contributed by atoms with E-state index in [0.717, 1.165) is 35.3 Å². The van der Waals surface area contributed by atoms with Gasteiger partial charge in [-0.25, -0.2) is 0 Å². The van der Waals surface area contributed by atoms with Gasteiger partial charge in [0, 0.05) is 0 Å². The van der Waals surface area contributed by atoms with Crippen LogP contribution in [-0.4, -0.2) is 25.9 Å². The van der Waals surface area contributed by atoms with Crippen LogP contribution in [0.1, 0.15) is 59.8 Å². The van der Waals surface area contributed by atoms with Crippen molar-refractivity contribution in [3.05, 3.63) is 46.9 Å². The molecule has 0 aliphatic heterocycles. The van der Waals surface area contributed by atoms with E-state index in [1.165, 1.54) is 26.4 Å². The number of hydrogen-bond acceptors (Lipinski definition) is 5. The van der Waals surface area contributed by atoms with Crippen molar-refractivity contribution in [1.29, 1.82) is 5.41 Å². The van der Waals surface area contributed by atoms with Crippen LogP contribution < -0.4 is 5.73 Å². The maximum Gasteiger partial charge on any atom is 0.308 e. The Balaban J connectivity index is 0.000000569. The lowest BCUT2D eigenvalue weighted by Gasteiger charge is -2.18. The molecule has 5 nitrogen and oxygen atoms in total. The molecule has 0 bridgehead atoms. The molecule has 1 rings (SSSR count). The zero-order chi connectivity index (χ0) is 21.0. The number of hydrogen-bond donors (Lipinski definition) is 2. The molecule has 0 spiro atoms. The zero-order valence-electron chi connectivity index (χ0n) is 17.8. The van der Waals surface area contributed by atoms with Gasteiger partial charge in [-0.1, -0.05) is 31.9 Å². The first-order valence-electron chi connectivity index (χ1n) is 9.34. The lowest BCUT2D eigenvalue weighted by Crippen LogP contribution is -2.18. The summed E-state index contributed by atoms with van der Waals surface area (Å²) in [6.07, 6.45) is 9.51. The Morgan fingerprint density at radius 3 is 2.00 bits per heavy atom. The first-order chi connectivity index (χ1) is 12.6. The van der Waals surface area contributed by atoms with E-state index in [-0.39, 0.29) is 11.9 Å². The fraction of sp³-hybridized carbons (Fsp3) is 0.545. The number of rotatable bonds is 6. The van der Waals surface area contributed by atoms with Crippen molar-refractivity contribution < 1.29 is 14.3 Å². The molecule has 1 fully saturated rings. The van der Waals surface area contributed by atoms with Crippen LogP contribution in [0, 0.1) is 11.3 Å². The van der Waals surface area contributed by atoms with E-state index in [1.807, 2.05) is 32.9 Å². The first-order valence-corrected chi connectivity index (χ1v) is 9.34. The van der Waals surface area contributed by atoms with Crippen LogP contribution in [0.25, 0.3) is 0 Å². The number of ether oxygens (including phenoxy) is 2. The van der Waals surface area contributed by atoms with Gasteiger partial charge in [0.2, 0.25) is 0 Å². The molecule has 0 saturated heterocycles. The normalized spacial score (nSPS) is 16.5. The van der Waals surface area contributed by atoms with Gasteiger partial charge in [0.05, 0.1) is 31.5 Å². The summed E-state index contributed by atoms with van der Waals surface area (Å²) < 4.78 is 9.83. The van der Waals surface area contributed by atoms with Crippen molar-refractivity contribution in [1.82, 2.24) is 0 Å². The van der Waals surface area contributed by atoms with E-state index in [9.17, 15) is 4.79 Å². The zero-order valence-corrected chi connectivity index (χ0v) is 17.8. The highest BCUT2D eigenvalue weighted by atomic mass is 16.5. The van der Waals surface area contributed by atoms with Crippen molar-refractivity contribution in [2.45, 2.75) is 59.8 Å². The minimum atomic E-state index is -0.0142. The summed E-state index contributed by atoms with van der Waals surface area (Å²) in [4.78, 5) is 10.9. The van der Waals surface area contributed by atoms with E-state index in [0.29, 0.717) is 11.4 Å². The molecule has 5 heteroatoms. The van der Waals surface area contributed by atoms with Crippen molar-refractivity contribution in [2.75, 3.05) is 14.2 Å². The molecule has 0 atom stereocenters. The summed E-state index contributed by atoms with van der Waals surface area (Å²) in [6, 6.07) is 0. The van der Waals surface area contributed by atoms with Gasteiger partial charge >= 0.3 is 5.97 Å². The van der Waals surface area contributed by atoms with E-state index < -0.39 is 0 Å². The summed E-state index contributed by atoms with van der Waals surface area (Å²) in [5, 5.41) is 7.48. The van der Waals surface area contributed by atoms with Gasteiger partial charge in [0.25, 0.3) is 0 Å². The second-order valence-electron chi connectivity index (χ2n) is 6.89. The van der Waals surface area contributed by atoms with Crippen LogP contribution in [0.4, 0.5) is 0 Å². The number of esters is 1. The molecule has 0 aromatic heterocycles. The van der Waals surface area contributed by atoms with Crippen LogP contribution in [0.3, 0.4) is 0 Å². The molecule has 3 N–H and O–H groups in total. The summed E-state index contributed by atoms with van der Waals surface area (Å²) in [6.45, 7) is 11.2. The Morgan fingerprint density at radius 1 is 1.04 bits per heavy atom. The third kappa shape index (κ3) is 9.27. The molecule has 0 unspecified atom stereocenters. The lowest BCUT2D eigenvalue weighted by molar-refractivity contribution is -0.146. The highest BCUT2D eigenvalue weighted by Crippen LogP contribution is 2.24. The van der Waals surface area contributed by atoms with Gasteiger partial charge in [-0.3, -0.25) is 4.79 Å². The Kier molecular flexibility index (Phi) is 11.9. The predicted molar refractivity (Wildman–Crippen MR) is 113 cm³/mol. The maximum atomic E-state index is 10.9. The van der Waals surface area contributed by atoms with Crippen molar-refractivity contribution in [2.24, 2.45) is 11.7 Å². The SMILES string of the molecule is C=C(C)\C(=C/C=C(C)/C(C)=C(\N)C(C)=N)OC.COC(=O)C1CCCCC1. The van der Waals surface area contributed by atoms with Gasteiger partial charge in [0.1, 0.15) is 5.76 Å². The Morgan fingerprint density at radius 2 is 1.59 bits per heavy atom. The molecule has 1 saturated carbocycles. The van der Waals surface area contributed by atoms with Gasteiger partial charge in [-0.15, -0.1) is 0 Å². The fourth-order valence-corrected chi connectivity index (χ4v) is 2.71. The molecule has 152 valence electrons. The quantitative estimate of drug-likeness (QED) is 0.294. The van der Waals surface area contributed by atoms with Crippen LogP contribution in [0.2, 0.25) is 0 Å². The number of methoxy groups -OCH3 is 2. The molecule has 0 radical (unpaired) electrons. The first kappa shape index (κ1) is 24.7. The summed E-state index contributed by atoms with van der Waals surface area (Å²) in [5.74, 6) is 0.931. The van der Waals surface area contributed by atoms with E-state index in [2.05, 4.69) is 11.3 Å². The maximum absolute atomic E-state index is 10.9. The van der Waals surface area contributed by atoms with Crippen LogP contribution >= 0.6 is 0 Å². The standard InChI is InChI=1S/C14H22N2O.C8H14O2/c1-9(2)13(17-6)8-7-10(3)11(4)14(16)12(5)15;1-10-8(9)7-5-3-2-4-6-7/h7-8,15H,1,16H2,2-6H3;7H,2-6H2,1H3/b10-7+,13-8+,14-11-,15-12?;. The average Bonchev–Trinajstić information content (AvgIpc) is 2.67. The smallest absolute Gasteiger partial charge is 0.308 e. The Bertz CT molecular complexity index is 621. The molecule has 27 heavy (non-hydrogen) atoms. The second-order valence-corrected chi connectivity index (χ2v) is 6.89. The van der Waals surface area contributed by atoms with E-state index in [4.69, 9.17) is 15.9 Å². The highest BCUT2D eigenvalue weighted by molar-refractivity contribution is 5.96. The minimum Gasteiger partial charge on any atom is -0.497 e. The van der Waals surface area contributed by atoms with Gasteiger partial charge in [0.15, 0.2) is 0 Å². The largest absolute Gasteiger partial charge is 0.497 e. The molecule has 0 amide bonds. The molecule has 0 heterocycles. The van der Waals surface area contributed by atoms with Gasteiger partial charge in [-0.05, 0) is 63.3 Å². The summed E-state index contributed by atoms with van der Waals surface area (Å²) in [7, 11) is 3.08. The van der Waals surface area contributed by atoms with Crippen LogP contribution in [0.15, 0.2) is 46.9 Å². The number of carbonyl (C=O) groups is 1. The number of carbonyl (C=O) groups excluding carboxylic acids is 1. The molecule has 0 aromatic carbocycles. The van der Waals surface area contributed by atoms with Gasteiger partial charge in [-0.2, -0.15) is 0 Å². The van der Waals surface area contributed by atoms with Crippen molar-refractivity contribution in [3.8, 4) is 0 Å². The molecular formula is C22H36N2O3. The van der Waals surface area contributed by atoms with E-state index >= 15 is 0 Å². The number of nitrogens with two attached hydrogens (primary N) is 1. The lowest BCUT2D eigenvalue weighted by atomic mass is 9.89. The molecular weight excluding hydrogens is 340 g/mol. The Labute approximate surface area is 164 Å². The third-order valence-electron chi connectivity index (χ3n) is 4.66. The minimum absolute atomic E-state index is 0.0142. The van der Waals surface area contributed by atoms with Gasteiger partial charge < -0.3 is 20.6 Å². The average molecular weight is 377 g/mol. The summed E-state index contributed by atoms with van der Waals surface area (Å²) >= 11 is 0. The van der Waals surface area contributed by atoms with Crippen LogP contribution in [-0.2, 0) is 14.3 Å². The van der Waals surface area contributed by atoms with Crippen LogP contribution in [0.5, 0.6) is 0 Å². The topological polar surface area (TPSA) is 85.4 Å². The predicted octanol–water partition coefficient (Wildman–Crippen LogP) is 5.05. The summed E-state index contributed by atoms with van der Waals surface area (Å²) in [5.41, 5.74) is 9.48. The highest BCUT2D eigenvalue weighted by Gasteiger charge is 2.20. The third-order valence-corrected chi connectivity index (χ3v) is 4.66. The molecule has 1 aliphatic rings. The number of allylic oxidation sites excluding steroid dienone is 6. The molecule has 0 aromatic rings. The molecule has 1 aliphatic carbocycles. The van der Waals surface area contributed by atoms with E-state index in [1.54, 1.807) is 14.0 Å². The Hall–Kier alpha value is -2.30. The van der Waals surface area contributed by atoms with Crippen molar-refractivity contribution in [3.63, 3.8) is 0 Å². The second kappa shape index (κ2) is 13.0. The monoisotopic (exact) mass is 376 g/mol. The fourth-order valence-electron chi connectivity index (χ4n) is 2.71. The van der Waals surface area contributed by atoms with Crippen molar-refractivity contribution >= 4 is 11.7 Å². The number of nitrogens with one attached hydrogen (secondary N) is 1.